The van der Waals surface area contributed by atoms with Gasteiger partial charge in [0.25, 0.3) is 5.91 Å². The van der Waals surface area contributed by atoms with Crippen LogP contribution in [0.25, 0.3) is 0 Å². The molecule has 0 fully saturated rings. The van der Waals surface area contributed by atoms with Crippen molar-refractivity contribution in [2.75, 3.05) is 11.5 Å². The number of carbonyl (C=O) groups excluding carboxylic acids is 1. The normalized spacial score (nSPS) is 16.6. The van der Waals surface area contributed by atoms with Gasteiger partial charge in [-0.15, -0.1) is 0 Å². The number of para-hydroxylation sites is 1. The average Bonchev–Trinajstić information content (AvgIpc) is 2.88. The molecule has 1 aliphatic heterocycles. The predicted octanol–water partition coefficient (Wildman–Crippen LogP) is 2.30. The number of benzene rings is 2. The SMILES string of the molecule is CC1Cc2cc(S(N)(=O)=O)ccc2N1C(=O)COc1ccccc1I. The fraction of sp³-hybridized carbons (Fsp3) is 0.235. The number of primary sulfonamides is 1. The summed E-state index contributed by atoms with van der Waals surface area (Å²) in [6.07, 6.45) is 0.577. The van der Waals surface area contributed by atoms with E-state index in [2.05, 4.69) is 22.6 Å². The molecule has 2 N–H and O–H groups in total. The van der Waals surface area contributed by atoms with E-state index in [1.54, 1.807) is 11.0 Å². The molecular formula is C17H17IN2O4S. The molecule has 25 heavy (non-hydrogen) atoms. The number of hydrogen-bond acceptors (Lipinski definition) is 4. The maximum atomic E-state index is 12.6. The Labute approximate surface area is 160 Å². The van der Waals surface area contributed by atoms with Gasteiger partial charge in [-0.05, 0) is 71.8 Å². The highest BCUT2D eigenvalue weighted by Gasteiger charge is 2.32. The summed E-state index contributed by atoms with van der Waals surface area (Å²) < 4.78 is 29.6. The molecule has 0 radical (unpaired) electrons. The lowest BCUT2D eigenvalue weighted by Crippen LogP contribution is -2.39. The maximum Gasteiger partial charge on any atom is 0.265 e. The third-order valence-corrected chi connectivity index (χ3v) is 5.85. The topological polar surface area (TPSA) is 89.7 Å². The third-order valence-electron chi connectivity index (χ3n) is 4.05. The van der Waals surface area contributed by atoms with Gasteiger partial charge in [0.15, 0.2) is 6.61 Å². The lowest BCUT2D eigenvalue weighted by atomic mass is 10.1. The van der Waals surface area contributed by atoms with Crippen LogP contribution in [0.3, 0.4) is 0 Å². The molecule has 0 bridgehead atoms. The number of sulfonamides is 1. The molecule has 2 aromatic rings. The van der Waals surface area contributed by atoms with Crippen molar-refractivity contribution in [2.24, 2.45) is 5.14 Å². The average molecular weight is 472 g/mol. The Bertz CT molecular complexity index is 930. The molecule has 8 heteroatoms. The molecule has 0 aliphatic carbocycles. The highest BCUT2D eigenvalue weighted by molar-refractivity contribution is 14.1. The number of nitrogens with two attached hydrogens (primary N) is 1. The van der Waals surface area contributed by atoms with Gasteiger partial charge >= 0.3 is 0 Å². The molecule has 0 saturated heterocycles. The zero-order valence-corrected chi connectivity index (χ0v) is 16.5. The number of carbonyl (C=O) groups is 1. The van der Waals surface area contributed by atoms with E-state index in [9.17, 15) is 13.2 Å². The van der Waals surface area contributed by atoms with Gasteiger partial charge in [-0.2, -0.15) is 0 Å². The molecule has 132 valence electrons. The molecule has 0 aromatic heterocycles. The van der Waals surface area contributed by atoms with E-state index in [1.807, 2.05) is 31.2 Å². The summed E-state index contributed by atoms with van der Waals surface area (Å²) in [6, 6.07) is 12.0. The molecular weight excluding hydrogens is 455 g/mol. The largest absolute Gasteiger partial charge is 0.483 e. The molecule has 1 atom stereocenters. The molecule has 3 rings (SSSR count). The molecule has 1 aliphatic rings. The quantitative estimate of drug-likeness (QED) is 0.692. The third kappa shape index (κ3) is 3.80. The van der Waals surface area contributed by atoms with Crippen LogP contribution in [0.2, 0.25) is 0 Å². The Morgan fingerprint density at radius 3 is 2.72 bits per heavy atom. The molecule has 6 nitrogen and oxygen atoms in total. The van der Waals surface area contributed by atoms with Gasteiger partial charge in [0.05, 0.1) is 8.47 Å². The second-order valence-corrected chi connectivity index (χ2v) is 8.60. The van der Waals surface area contributed by atoms with E-state index in [4.69, 9.17) is 9.88 Å². The van der Waals surface area contributed by atoms with Crippen molar-refractivity contribution in [3.8, 4) is 5.75 Å². The summed E-state index contributed by atoms with van der Waals surface area (Å²) in [6.45, 7) is 1.83. The smallest absolute Gasteiger partial charge is 0.265 e. The Morgan fingerprint density at radius 1 is 1.32 bits per heavy atom. The van der Waals surface area contributed by atoms with E-state index in [0.29, 0.717) is 17.9 Å². The van der Waals surface area contributed by atoms with Crippen LogP contribution < -0.4 is 14.8 Å². The van der Waals surface area contributed by atoms with E-state index in [-0.39, 0.29) is 23.5 Å². The van der Waals surface area contributed by atoms with Crippen molar-refractivity contribution in [3.05, 3.63) is 51.6 Å². The van der Waals surface area contributed by atoms with E-state index in [0.717, 1.165) is 9.13 Å². The van der Waals surface area contributed by atoms with Crippen molar-refractivity contribution in [2.45, 2.75) is 24.3 Å². The van der Waals surface area contributed by atoms with Crippen LogP contribution in [0.15, 0.2) is 47.4 Å². The van der Waals surface area contributed by atoms with Gasteiger partial charge in [-0.25, -0.2) is 13.6 Å². The Hall–Kier alpha value is -1.65. The monoisotopic (exact) mass is 472 g/mol. The van der Waals surface area contributed by atoms with Crippen LogP contribution in [-0.2, 0) is 21.2 Å². The van der Waals surface area contributed by atoms with Gasteiger partial charge < -0.3 is 9.64 Å². The van der Waals surface area contributed by atoms with Crippen molar-refractivity contribution < 1.29 is 17.9 Å². The second kappa shape index (κ2) is 6.93. The summed E-state index contributed by atoms with van der Waals surface area (Å²) in [5, 5.41) is 5.18. The first-order valence-corrected chi connectivity index (χ1v) is 10.2. The minimum Gasteiger partial charge on any atom is -0.483 e. The van der Waals surface area contributed by atoms with E-state index >= 15 is 0 Å². The first kappa shape index (κ1) is 18.2. The second-order valence-electron chi connectivity index (χ2n) is 5.87. The number of rotatable bonds is 4. The van der Waals surface area contributed by atoms with Gasteiger partial charge in [0, 0.05) is 11.7 Å². The zero-order valence-electron chi connectivity index (χ0n) is 13.5. The lowest BCUT2D eigenvalue weighted by molar-refractivity contribution is -0.120. The number of ether oxygens (including phenoxy) is 1. The summed E-state index contributed by atoms with van der Waals surface area (Å²) in [5.41, 5.74) is 1.50. The van der Waals surface area contributed by atoms with Crippen LogP contribution in [0, 0.1) is 3.57 Å². The van der Waals surface area contributed by atoms with Crippen molar-refractivity contribution in [1.29, 1.82) is 0 Å². The molecule has 1 amide bonds. The maximum absolute atomic E-state index is 12.6. The minimum atomic E-state index is -3.76. The van der Waals surface area contributed by atoms with Gasteiger partial charge in [0.1, 0.15) is 5.75 Å². The number of halogens is 1. The summed E-state index contributed by atoms with van der Waals surface area (Å²) in [4.78, 5) is 14.3. The van der Waals surface area contributed by atoms with Crippen molar-refractivity contribution in [3.63, 3.8) is 0 Å². The van der Waals surface area contributed by atoms with Crippen LogP contribution in [0.1, 0.15) is 12.5 Å². The van der Waals surface area contributed by atoms with Gasteiger partial charge in [0.2, 0.25) is 10.0 Å². The molecule has 0 spiro atoms. The lowest BCUT2D eigenvalue weighted by Gasteiger charge is -2.23. The molecule has 0 saturated carbocycles. The highest BCUT2D eigenvalue weighted by atomic mass is 127. The highest BCUT2D eigenvalue weighted by Crippen LogP contribution is 2.34. The minimum absolute atomic E-state index is 0.0582. The van der Waals surface area contributed by atoms with Crippen LogP contribution in [0.5, 0.6) is 5.75 Å². The standard InChI is InChI=1S/C17H17IN2O4S/c1-11-8-12-9-13(25(19,22)23)6-7-15(12)20(11)17(21)10-24-16-5-3-2-4-14(16)18/h2-7,9,11H,8,10H2,1H3,(H2,19,22,23). The summed E-state index contributed by atoms with van der Waals surface area (Å²) in [5.74, 6) is 0.488. The van der Waals surface area contributed by atoms with Crippen LogP contribution >= 0.6 is 22.6 Å². The van der Waals surface area contributed by atoms with Crippen molar-refractivity contribution >= 4 is 44.2 Å². The Balaban J connectivity index is 1.80. The van der Waals surface area contributed by atoms with Crippen LogP contribution in [0.4, 0.5) is 5.69 Å². The first-order valence-electron chi connectivity index (χ1n) is 7.62. The predicted molar refractivity (Wildman–Crippen MR) is 103 cm³/mol. The number of nitrogens with zero attached hydrogens (tertiary/aromatic N) is 1. The number of fused-ring (bicyclic) bond motifs is 1. The van der Waals surface area contributed by atoms with Crippen LogP contribution in [-0.4, -0.2) is 27.0 Å². The molecule has 1 unspecified atom stereocenters. The Morgan fingerprint density at radius 2 is 2.04 bits per heavy atom. The fourth-order valence-electron chi connectivity index (χ4n) is 2.94. The van der Waals surface area contributed by atoms with Gasteiger partial charge in [-0.3, -0.25) is 4.79 Å². The zero-order chi connectivity index (χ0) is 18.2. The number of anilines is 1. The summed E-state index contributed by atoms with van der Waals surface area (Å²) >= 11 is 2.15. The van der Waals surface area contributed by atoms with E-state index in [1.165, 1.54) is 12.1 Å². The van der Waals surface area contributed by atoms with Crippen molar-refractivity contribution in [1.82, 2.24) is 0 Å². The first-order chi connectivity index (χ1) is 11.8. The molecule has 1 heterocycles. The van der Waals surface area contributed by atoms with E-state index < -0.39 is 10.0 Å². The summed E-state index contributed by atoms with van der Waals surface area (Å²) in [7, 11) is -3.76. The number of hydrogen-bond donors (Lipinski definition) is 1. The molecule has 2 aromatic carbocycles. The number of amides is 1. The van der Waals surface area contributed by atoms with Gasteiger partial charge in [-0.1, -0.05) is 12.1 Å². The fourth-order valence-corrected chi connectivity index (χ4v) is 4.04. The Kier molecular flexibility index (Phi) is 5.03.